The molecule has 0 aromatic carbocycles. The number of urea groups is 1. The Kier molecular flexibility index (Phi) is 6.75. The van der Waals surface area contributed by atoms with E-state index in [0.717, 1.165) is 6.42 Å². The van der Waals surface area contributed by atoms with Crippen LogP contribution in [0.3, 0.4) is 0 Å². The van der Waals surface area contributed by atoms with Crippen molar-refractivity contribution in [1.29, 1.82) is 0 Å². The fourth-order valence-electron chi connectivity index (χ4n) is 1.31. The highest BCUT2D eigenvalue weighted by Gasteiger charge is 2.19. The largest absolute Gasteiger partial charge is 0.351 e. The topological polar surface area (TPSA) is 101 Å². The molecule has 0 spiro atoms. The van der Waals surface area contributed by atoms with Crippen molar-refractivity contribution in [2.75, 3.05) is 13.6 Å². The summed E-state index contributed by atoms with van der Waals surface area (Å²) in [6.07, 6.45) is 0.808. The zero-order valence-corrected chi connectivity index (χ0v) is 11.1. The number of rotatable bonds is 6. The van der Waals surface area contributed by atoms with Gasteiger partial charge >= 0.3 is 6.03 Å². The molecule has 0 heterocycles. The summed E-state index contributed by atoms with van der Waals surface area (Å²) in [5.41, 5.74) is 10.8. The second-order valence-electron chi connectivity index (χ2n) is 4.71. The van der Waals surface area contributed by atoms with E-state index in [4.69, 9.17) is 11.5 Å². The van der Waals surface area contributed by atoms with Crippen molar-refractivity contribution >= 4 is 11.9 Å². The number of nitrogens with zero attached hydrogens (tertiary/aromatic N) is 1. The average molecular weight is 244 g/mol. The van der Waals surface area contributed by atoms with Gasteiger partial charge in [-0.2, -0.15) is 0 Å². The molecule has 6 nitrogen and oxygen atoms in total. The summed E-state index contributed by atoms with van der Waals surface area (Å²) in [5, 5.41) is 2.06. The number of carbonyl (C=O) groups is 2. The standard InChI is InChI=1S/C11H24N4O2/c1-7(2)9(12)5-6-15(4)8(3)10(16)14-11(13)17/h7-9H,5-6,12H2,1-4H3,(H3,13,14,16,17). The quantitative estimate of drug-likeness (QED) is 0.606. The normalized spacial score (nSPS) is 14.8. The molecule has 0 aliphatic heterocycles. The van der Waals surface area contributed by atoms with Crippen LogP contribution in [-0.2, 0) is 4.79 Å². The van der Waals surface area contributed by atoms with Crippen molar-refractivity contribution in [3.63, 3.8) is 0 Å². The van der Waals surface area contributed by atoms with Crippen LogP contribution in [0.5, 0.6) is 0 Å². The summed E-state index contributed by atoms with van der Waals surface area (Å²) in [6.45, 7) is 6.55. The predicted molar refractivity (Wildman–Crippen MR) is 67.2 cm³/mol. The van der Waals surface area contributed by atoms with E-state index in [1.165, 1.54) is 0 Å². The van der Waals surface area contributed by atoms with Gasteiger partial charge in [-0.15, -0.1) is 0 Å². The van der Waals surface area contributed by atoms with E-state index < -0.39 is 18.0 Å². The van der Waals surface area contributed by atoms with Gasteiger partial charge in [-0.3, -0.25) is 15.0 Å². The van der Waals surface area contributed by atoms with Crippen LogP contribution in [0.25, 0.3) is 0 Å². The molecule has 17 heavy (non-hydrogen) atoms. The maximum absolute atomic E-state index is 11.5. The van der Waals surface area contributed by atoms with Crippen molar-refractivity contribution in [3.8, 4) is 0 Å². The lowest BCUT2D eigenvalue weighted by Crippen LogP contribution is -2.48. The van der Waals surface area contributed by atoms with Crippen LogP contribution in [0.1, 0.15) is 27.2 Å². The molecule has 2 atom stereocenters. The van der Waals surface area contributed by atoms with Crippen LogP contribution in [0.2, 0.25) is 0 Å². The summed E-state index contributed by atoms with van der Waals surface area (Å²) in [4.78, 5) is 23.9. The van der Waals surface area contributed by atoms with Crippen LogP contribution in [-0.4, -0.2) is 42.5 Å². The first kappa shape index (κ1) is 15.9. The molecule has 0 bridgehead atoms. The third-order valence-electron chi connectivity index (χ3n) is 2.96. The van der Waals surface area contributed by atoms with Crippen molar-refractivity contribution in [2.24, 2.45) is 17.4 Å². The van der Waals surface area contributed by atoms with Crippen LogP contribution in [0.15, 0.2) is 0 Å². The number of imide groups is 1. The van der Waals surface area contributed by atoms with Gasteiger partial charge < -0.3 is 11.5 Å². The third-order valence-corrected chi connectivity index (χ3v) is 2.96. The van der Waals surface area contributed by atoms with Crippen molar-refractivity contribution < 1.29 is 9.59 Å². The van der Waals surface area contributed by atoms with Gasteiger partial charge in [0.05, 0.1) is 6.04 Å². The molecule has 0 radical (unpaired) electrons. The molecule has 3 amide bonds. The summed E-state index contributed by atoms with van der Waals surface area (Å²) in [6, 6.07) is -1.11. The third kappa shape index (κ3) is 6.23. The molecule has 0 aromatic heterocycles. The minimum absolute atomic E-state index is 0.115. The van der Waals surface area contributed by atoms with Gasteiger partial charge in [-0.1, -0.05) is 13.8 Å². The summed E-state index contributed by atoms with van der Waals surface area (Å²) in [7, 11) is 1.82. The summed E-state index contributed by atoms with van der Waals surface area (Å²) in [5.74, 6) is 0.0243. The van der Waals surface area contributed by atoms with Gasteiger partial charge in [-0.25, -0.2) is 4.79 Å². The molecule has 0 aromatic rings. The molecule has 0 saturated carbocycles. The SMILES string of the molecule is CC(C)C(N)CCN(C)C(C)C(=O)NC(N)=O. The van der Waals surface area contributed by atoms with Crippen molar-refractivity contribution in [2.45, 2.75) is 39.3 Å². The zero-order chi connectivity index (χ0) is 13.6. The molecule has 0 fully saturated rings. The number of hydrogen-bond acceptors (Lipinski definition) is 4. The fraction of sp³-hybridized carbons (Fsp3) is 0.818. The van der Waals surface area contributed by atoms with Crippen LogP contribution in [0.4, 0.5) is 4.79 Å². The number of primary amides is 1. The Morgan fingerprint density at radius 3 is 2.24 bits per heavy atom. The van der Waals surface area contributed by atoms with Crippen molar-refractivity contribution in [3.05, 3.63) is 0 Å². The highest BCUT2D eigenvalue weighted by molar-refractivity contribution is 5.96. The lowest BCUT2D eigenvalue weighted by Gasteiger charge is -2.25. The van der Waals surface area contributed by atoms with Gasteiger partial charge in [0, 0.05) is 12.6 Å². The number of nitrogens with one attached hydrogen (secondary N) is 1. The molecular weight excluding hydrogens is 220 g/mol. The second kappa shape index (κ2) is 7.24. The Morgan fingerprint density at radius 1 is 1.29 bits per heavy atom. The van der Waals surface area contributed by atoms with Crippen LogP contribution in [0, 0.1) is 5.92 Å². The molecule has 0 aliphatic carbocycles. The summed E-state index contributed by atoms with van der Waals surface area (Å²) >= 11 is 0. The summed E-state index contributed by atoms with van der Waals surface area (Å²) < 4.78 is 0. The first-order valence-corrected chi connectivity index (χ1v) is 5.81. The Bertz CT molecular complexity index is 268. The highest BCUT2D eigenvalue weighted by atomic mass is 16.2. The number of hydrogen-bond donors (Lipinski definition) is 3. The van der Waals surface area contributed by atoms with Gasteiger partial charge in [0.15, 0.2) is 0 Å². The maximum atomic E-state index is 11.5. The maximum Gasteiger partial charge on any atom is 0.318 e. The van der Waals surface area contributed by atoms with Gasteiger partial charge in [0.2, 0.25) is 5.91 Å². The van der Waals surface area contributed by atoms with E-state index >= 15 is 0 Å². The predicted octanol–water partition coefficient (Wildman–Crippen LogP) is -0.125. The molecule has 100 valence electrons. The van der Waals surface area contributed by atoms with E-state index in [9.17, 15) is 9.59 Å². The molecule has 6 heteroatoms. The minimum atomic E-state index is -0.825. The fourth-order valence-corrected chi connectivity index (χ4v) is 1.31. The zero-order valence-electron chi connectivity index (χ0n) is 11.1. The molecule has 0 rings (SSSR count). The van der Waals surface area contributed by atoms with Crippen LogP contribution >= 0.6 is 0 Å². The van der Waals surface area contributed by atoms with E-state index in [1.54, 1.807) is 6.92 Å². The lowest BCUT2D eigenvalue weighted by atomic mass is 10.0. The molecule has 0 aliphatic rings. The monoisotopic (exact) mass is 244 g/mol. The first-order valence-electron chi connectivity index (χ1n) is 5.81. The van der Waals surface area contributed by atoms with Crippen molar-refractivity contribution in [1.82, 2.24) is 10.2 Å². The molecule has 2 unspecified atom stereocenters. The Hall–Kier alpha value is -1.14. The van der Waals surface area contributed by atoms with Gasteiger partial charge in [0.25, 0.3) is 0 Å². The Morgan fingerprint density at radius 2 is 1.82 bits per heavy atom. The number of carbonyl (C=O) groups excluding carboxylic acids is 2. The minimum Gasteiger partial charge on any atom is -0.351 e. The van der Waals surface area contributed by atoms with E-state index in [2.05, 4.69) is 19.2 Å². The smallest absolute Gasteiger partial charge is 0.318 e. The lowest BCUT2D eigenvalue weighted by molar-refractivity contribution is -0.124. The number of likely N-dealkylation sites (N-methyl/N-ethyl adjacent to an activating group) is 1. The van der Waals surface area contributed by atoms with Gasteiger partial charge in [-0.05, 0) is 26.3 Å². The van der Waals surface area contributed by atoms with E-state index in [0.29, 0.717) is 12.5 Å². The van der Waals surface area contributed by atoms with Crippen LogP contribution < -0.4 is 16.8 Å². The number of amides is 3. The molecule has 0 saturated heterocycles. The number of nitrogens with two attached hydrogens (primary N) is 2. The molecular formula is C11H24N4O2. The van der Waals surface area contributed by atoms with Gasteiger partial charge in [0.1, 0.15) is 0 Å². The van der Waals surface area contributed by atoms with E-state index in [-0.39, 0.29) is 6.04 Å². The second-order valence-corrected chi connectivity index (χ2v) is 4.71. The highest BCUT2D eigenvalue weighted by Crippen LogP contribution is 2.05. The van der Waals surface area contributed by atoms with E-state index in [1.807, 2.05) is 11.9 Å². The Balaban J connectivity index is 4.09. The first-order chi connectivity index (χ1) is 7.75. The average Bonchev–Trinajstić information content (AvgIpc) is 2.22. The Labute approximate surface area is 103 Å². The molecule has 5 N–H and O–H groups in total.